The van der Waals surface area contributed by atoms with E-state index in [4.69, 9.17) is 4.52 Å². The number of aryl methyl sites for hydroxylation is 2. The molecule has 3 aromatic heterocycles. The van der Waals surface area contributed by atoms with Gasteiger partial charge in [-0.2, -0.15) is 4.98 Å². The molecule has 25 heavy (non-hydrogen) atoms. The summed E-state index contributed by atoms with van der Waals surface area (Å²) in [5, 5.41) is 4.97. The molecule has 126 valence electrons. The number of aromatic amines is 1. The van der Waals surface area contributed by atoms with Gasteiger partial charge in [-0.25, -0.2) is 4.98 Å². The van der Waals surface area contributed by atoms with E-state index in [2.05, 4.69) is 44.1 Å². The highest BCUT2D eigenvalue weighted by Gasteiger charge is 2.09. The van der Waals surface area contributed by atoms with Gasteiger partial charge in [0.05, 0.1) is 11.0 Å². The van der Waals surface area contributed by atoms with E-state index < -0.39 is 0 Å². The molecular weight excluding hydrogens is 334 g/mol. The summed E-state index contributed by atoms with van der Waals surface area (Å²) in [6, 6.07) is 9.98. The summed E-state index contributed by atoms with van der Waals surface area (Å²) >= 11 is 1.71. The van der Waals surface area contributed by atoms with Gasteiger partial charge in [-0.05, 0) is 43.2 Å². The summed E-state index contributed by atoms with van der Waals surface area (Å²) in [5.41, 5.74) is 4.24. The Morgan fingerprint density at radius 3 is 2.88 bits per heavy atom. The molecule has 3 heterocycles. The Kier molecular flexibility index (Phi) is 4.47. The fourth-order valence-corrected chi connectivity index (χ4v) is 3.36. The zero-order valence-corrected chi connectivity index (χ0v) is 14.6. The monoisotopic (exact) mass is 351 g/mol. The second kappa shape index (κ2) is 7.06. The van der Waals surface area contributed by atoms with Crippen LogP contribution in [0.25, 0.3) is 22.4 Å². The number of fused-ring (bicyclic) bond motifs is 1. The Balaban J connectivity index is 1.31. The smallest absolute Gasteiger partial charge is 0.226 e. The molecule has 1 aromatic carbocycles. The lowest BCUT2D eigenvalue weighted by Crippen LogP contribution is -1.89. The van der Waals surface area contributed by atoms with Crippen LogP contribution in [-0.2, 0) is 6.42 Å². The third kappa shape index (κ3) is 3.71. The normalized spacial score (nSPS) is 11.2. The lowest BCUT2D eigenvalue weighted by Gasteiger charge is -1.95. The summed E-state index contributed by atoms with van der Waals surface area (Å²) in [4.78, 5) is 16.4. The SMILES string of the molecule is Cc1ccc2nc(SCCCc3nc(-c4ccncc4)no3)[nH]c2c1. The van der Waals surface area contributed by atoms with Gasteiger partial charge in [0.15, 0.2) is 5.16 Å². The number of hydrogen-bond donors (Lipinski definition) is 1. The molecule has 0 saturated carbocycles. The molecule has 0 unspecified atom stereocenters. The maximum atomic E-state index is 5.32. The fourth-order valence-electron chi connectivity index (χ4n) is 2.54. The lowest BCUT2D eigenvalue weighted by molar-refractivity contribution is 0.378. The van der Waals surface area contributed by atoms with Gasteiger partial charge in [-0.3, -0.25) is 4.98 Å². The van der Waals surface area contributed by atoms with E-state index in [-0.39, 0.29) is 0 Å². The minimum Gasteiger partial charge on any atom is -0.339 e. The number of H-pyrrole nitrogens is 1. The molecule has 0 aliphatic carbocycles. The van der Waals surface area contributed by atoms with Crippen LogP contribution in [0.3, 0.4) is 0 Å². The van der Waals surface area contributed by atoms with Crippen molar-refractivity contribution in [3.63, 3.8) is 0 Å². The van der Waals surface area contributed by atoms with Crippen LogP contribution in [0.2, 0.25) is 0 Å². The Labute approximate surface area is 149 Å². The Bertz CT molecular complexity index is 979. The van der Waals surface area contributed by atoms with Crippen LogP contribution in [0.4, 0.5) is 0 Å². The molecule has 0 amide bonds. The maximum absolute atomic E-state index is 5.32. The van der Waals surface area contributed by atoms with Gasteiger partial charge in [0.1, 0.15) is 0 Å². The molecule has 0 spiro atoms. The third-order valence-corrected chi connectivity index (χ3v) is 4.76. The first kappa shape index (κ1) is 15.8. The average molecular weight is 351 g/mol. The number of aromatic nitrogens is 5. The van der Waals surface area contributed by atoms with Crippen molar-refractivity contribution >= 4 is 22.8 Å². The molecule has 6 nitrogen and oxygen atoms in total. The number of rotatable bonds is 6. The number of hydrogen-bond acceptors (Lipinski definition) is 6. The molecule has 0 radical (unpaired) electrons. The van der Waals surface area contributed by atoms with Gasteiger partial charge < -0.3 is 9.51 Å². The molecule has 4 rings (SSSR count). The second-order valence-electron chi connectivity index (χ2n) is 5.76. The van der Waals surface area contributed by atoms with Gasteiger partial charge >= 0.3 is 0 Å². The van der Waals surface area contributed by atoms with Crippen molar-refractivity contribution in [2.24, 2.45) is 0 Å². The Morgan fingerprint density at radius 2 is 2.00 bits per heavy atom. The van der Waals surface area contributed by atoms with Gasteiger partial charge in [-0.15, -0.1) is 0 Å². The molecule has 0 fully saturated rings. The highest BCUT2D eigenvalue weighted by molar-refractivity contribution is 7.99. The maximum Gasteiger partial charge on any atom is 0.226 e. The fraction of sp³-hybridized carbons (Fsp3) is 0.222. The summed E-state index contributed by atoms with van der Waals surface area (Å²) in [7, 11) is 0. The van der Waals surface area contributed by atoms with Crippen LogP contribution in [0.5, 0.6) is 0 Å². The van der Waals surface area contributed by atoms with E-state index in [1.807, 2.05) is 18.2 Å². The minimum absolute atomic E-state index is 0.609. The topological polar surface area (TPSA) is 80.5 Å². The minimum atomic E-state index is 0.609. The quantitative estimate of drug-likeness (QED) is 0.417. The summed E-state index contributed by atoms with van der Waals surface area (Å²) in [6.45, 7) is 2.08. The molecule has 0 bridgehead atoms. The van der Waals surface area contributed by atoms with Crippen LogP contribution < -0.4 is 0 Å². The van der Waals surface area contributed by atoms with E-state index in [0.717, 1.165) is 40.3 Å². The van der Waals surface area contributed by atoms with E-state index in [1.54, 1.807) is 24.2 Å². The van der Waals surface area contributed by atoms with Crippen LogP contribution >= 0.6 is 11.8 Å². The van der Waals surface area contributed by atoms with Crippen LogP contribution in [-0.4, -0.2) is 30.8 Å². The highest BCUT2D eigenvalue weighted by Crippen LogP contribution is 2.21. The molecule has 7 heteroatoms. The zero-order chi connectivity index (χ0) is 17.1. The van der Waals surface area contributed by atoms with Crippen LogP contribution in [0, 0.1) is 6.92 Å². The first-order chi connectivity index (χ1) is 12.3. The first-order valence-electron chi connectivity index (χ1n) is 8.10. The Hall–Kier alpha value is -2.67. The molecular formula is C18H17N5OS. The van der Waals surface area contributed by atoms with E-state index >= 15 is 0 Å². The third-order valence-electron chi connectivity index (χ3n) is 3.80. The molecule has 0 saturated heterocycles. The van der Waals surface area contributed by atoms with Crippen molar-refractivity contribution in [3.05, 3.63) is 54.2 Å². The number of nitrogens with zero attached hydrogens (tertiary/aromatic N) is 4. The number of pyridine rings is 1. The molecule has 4 aromatic rings. The summed E-state index contributed by atoms with van der Waals surface area (Å²) in [6.07, 6.45) is 5.14. The molecule has 0 aliphatic heterocycles. The summed E-state index contributed by atoms with van der Waals surface area (Å²) in [5.74, 6) is 2.21. The number of nitrogens with one attached hydrogen (secondary N) is 1. The van der Waals surface area contributed by atoms with E-state index in [0.29, 0.717) is 11.7 Å². The second-order valence-corrected chi connectivity index (χ2v) is 6.85. The van der Waals surface area contributed by atoms with Crippen LogP contribution in [0.1, 0.15) is 17.9 Å². The van der Waals surface area contributed by atoms with Gasteiger partial charge in [-0.1, -0.05) is 23.0 Å². The number of imidazole rings is 1. The molecule has 1 N–H and O–H groups in total. The van der Waals surface area contributed by atoms with Gasteiger partial charge in [0, 0.05) is 30.1 Å². The van der Waals surface area contributed by atoms with Crippen molar-refractivity contribution in [1.82, 2.24) is 25.1 Å². The van der Waals surface area contributed by atoms with Crippen molar-refractivity contribution in [2.75, 3.05) is 5.75 Å². The summed E-state index contributed by atoms with van der Waals surface area (Å²) < 4.78 is 5.32. The largest absolute Gasteiger partial charge is 0.339 e. The van der Waals surface area contributed by atoms with E-state index in [1.165, 1.54) is 5.56 Å². The molecule has 0 aliphatic rings. The number of thioether (sulfide) groups is 1. The standard InChI is InChI=1S/C18H17N5OS/c1-12-4-5-14-15(11-12)21-18(20-14)25-10-2-3-16-22-17(23-24-16)13-6-8-19-9-7-13/h4-9,11H,2-3,10H2,1H3,(H,20,21). The van der Waals surface area contributed by atoms with Crippen molar-refractivity contribution in [1.29, 1.82) is 0 Å². The Morgan fingerprint density at radius 1 is 1.12 bits per heavy atom. The van der Waals surface area contributed by atoms with Crippen molar-refractivity contribution in [2.45, 2.75) is 24.9 Å². The zero-order valence-electron chi connectivity index (χ0n) is 13.8. The van der Waals surface area contributed by atoms with Crippen LogP contribution in [0.15, 0.2) is 52.4 Å². The first-order valence-corrected chi connectivity index (χ1v) is 9.09. The highest BCUT2D eigenvalue weighted by atomic mass is 32.2. The van der Waals surface area contributed by atoms with Gasteiger partial charge in [0.2, 0.25) is 11.7 Å². The molecule has 0 atom stereocenters. The van der Waals surface area contributed by atoms with Gasteiger partial charge in [0.25, 0.3) is 0 Å². The predicted octanol–water partition coefficient (Wildman–Crippen LogP) is 4.04. The predicted molar refractivity (Wildman–Crippen MR) is 97.4 cm³/mol. The van der Waals surface area contributed by atoms with Crippen molar-refractivity contribution in [3.8, 4) is 11.4 Å². The average Bonchev–Trinajstić information content (AvgIpc) is 3.26. The van der Waals surface area contributed by atoms with E-state index in [9.17, 15) is 0 Å². The van der Waals surface area contributed by atoms with Crippen molar-refractivity contribution < 1.29 is 4.52 Å². The number of benzene rings is 1. The lowest BCUT2D eigenvalue weighted by atomic mass is 10.2.